The Morgan fingerprint density at radius 1 is 1.05 bits per heavy atom. The predicted octanol–water partition coefficient (Wildman–Crippen LogP) is 4.22. The Kier molecular flexibility index (Phi) is 2.87. The molecule has 0 amide bonds. The Hall–Kier alpha value is -2.08. The van der Waals surface area contributed by atoms with Crippen LogP contribution in [0.15, 0.2) is 35.7 Å². The van der Waals surface area contributed by atoms with Crippen molar-refractivity contribution in [1.29, 1.82) is 0 Å². The van der Waals surface area contributed by atoms with Crippen LogP contribution < -0.4 is 0 Å². The van der Waals surface area contributed by atoms with Gasteiger partial charge in [0.2, 0.25) is 0 Å². The van der Waals surface area contributed by atoms with Gasteiger partial charge in [-0.2, -0.15) is 5.10 Å². The Bertz CT molecular complexity index is 696. The molecule has 19 heavy (non-hydrogen) atoms. The van der Waals surface area contributed by atoms with Crippen molar-refractivity contribution in [2.75, 3.05) is 0 Å². The summed E-state index contributed by atoms with van der Waals surface area (Å²) in [6.07, 6.45) is 0. The monoisotopic (exact) mass is 280 g/mol. The molecule has 0 aliphatic carbocycles. The first kappa shape index (κ1) is 12.0. The van der Waals surface area contributed by atoms with Gasteiger partial charge in [-0.3, -0.25) is 5.10 Å². The summed E-state index contributed by atoms with van der Waals surface area (Å²) in [5, 5.41) is 8.47. The zero-order valence-electron chi connectivity index (χ0n) is 9.45. The topological polar surface area (TPSA) is 28.7 Å². The number of benzene rings is 1. The van der Waals surface area contributed by atoms with Crippen LogP contribution in [0, 0.1) is 17.5 Å². The van der Waals surface area contributed by atoms with Crippen molar-refractivity contribution in [1.82, 2.24) is 10.2 Å². The summed E-state index contributed by atoms with van der Waals surface area (Å²) in [6.45, 7) is 0. The molecule has 0 saturated heterocycles. The van der Waals surface area contributed by atoms with E-state index in [-0.39, 0.29) is 11.3 Å². The first-order chi connectivity index (χ1) is 9.15. The van der Waals surface area contributed by atoms with E-state index in [0.29, 0.717) is 17.8 Å². The molecule has 0 atom stereocenters. The lowest BCUT2D eigenvalue weighted by Crippen LogP contribution is -1.92. The lowest BCUT2D eigenvalue weighted by molar-refractivity contribution is 0.547. The first-order valence-electron chi connectivity index (χ1n) is 5.39. The molecule has 2 nitrogen and oxygen atoms in total. The quantitative estimate of drug-likeness (QED) is 0.748. The van der Waals surface area contributed by atoms with E-state index in [9.17, 15) is 13.2 Å². The first-order valence-corrected chi connectivity index (χ1v) is 6.27. The molecular weight excluding hydrogens is 273 g/mol. The minimum Gasteiger partial charge on any atom is -0.276 e. The van der Waals surface area contributed by atoms with Crippen LogP contribution in [0.25, 0.3) is 21.8 Å². The minimum absolute atomic E-state index is 0.110. The standard InChI is InChI=1S/C13H7F3N2S/c14-7-4-8(15)13(9(16)5-7)11-6-10(17-18-11)12-2-1-3-19-12/h1-6H,(H,17,18). The van der Waals surface area contributed by atoms with E-state index in [0.717, 1.165) is 4.88 Å². The Morgan fingerprint density at radius 3 is 2.42 bits per heavy atom. The molecule has 6 heteroatoms. The van der Waals surface area contributed by atoms with E-state index in [1.54, 1.807) is 0 Å². The fourth-order valence-electron chi connectivity index (χ4n) is 1.79. The molecule has 0 radical (unpaired) electrons. The van der Waals surface area contributed by atoms with E-state index < -0.39 is 17.5 Å². The van der Waals surface area contributed by atoms with Gasteiger partial charge in [0, 0.05) is 12.1 Å². The molecular formula is C13H7F3N2S. The molecule has 0 aliphatic rings. The molecule has 1 N–H and O–H groups in total. The molecule has 0 bridgehead atoms. The number of nitrogens with one attached hydrogen (secondary N) is 1. The van der Waals surface area contributed by atoms with Crippen molar-refractivity contribution < 1.29 is 13.2 Å². The summed E-state index contributed by atoms with van der Waals surface area (Å²) in [6, 6.07) is 6.53. The molecule has 0 spiro atoms. The minimum atomic E-state index is -0.971. The van der Waals surface area contributed by atoms with Crippen molar-refractivity contribution in [3.8, 4) is 21.8 Å². The van der Waals surface area contributed by atoms with Gasteiger partial charge in [-0.15, -0.1) is 11.3 Å². The third-order valence-corrected chi connectivity index (χ3v) is 3.53. The number of hydrogen-bond donors (Lipinski definition) is 1. The third kappa shape index (κ3) is 2.15. The average Bonchev–Trinajstić information content (AvgIpc) is 2.97. The number of halogens is 3. The van der Waals surface area contributed by atoms with E-state index in [2.05, 4.69) is 10.2 Å². The highest BCUT2D eigenvalue weighted by atomic mass is 32.1. The Labute approximate surface area is 110 Å². The zero-order chi connectivity index (χ0) is 13.4. The fourth-order valence-corrected chi connectivity index (χ4v) is 2.49. The van der Waals surface area contributed by atoms with Crippen LogP contribution in [-0.4, -0.2) is 10.2 Å². The molecule has 3 rings (SSSR count). The maximum absolute atomic E-state index is 13.6. The van der Waals surface area contributed by atoms with E-state index in [1.807, 2.05) is 17.5 Å². The zero-order valence-corrected chi connectivity index (χ0v) is 10.3. The second kappa shape index (κ2) is 4.55. The average molecular weight is 280 g/mol. The Morgan fingerprint density at radius 2 is 1.79 bits per heavy atom. The van der Waals surface area contributed by atoms with Gasteiger partial charge < -0.3 is 0 Å². The SMILES string of the molecule is Fc1cc(F)c(-c2cc(-c3cccs3)[nH]n2)c(F)c1. The van der Waals surface area contributed by atoms with Crippen molar-refractivity contribution in [2.24, 2.45) is 0 Å². The molecule has 2 heterocycles. The van der Waals surface area contributed by atoms with Gasteiger partial charge in [0.1, 0.15) is 17.5 Å². The summed E-state index contributed by atoms with van der Waals surface area (Å²) < 4.78 is 40.1. The van der Waals surface area contributed by atoms with Crippen LogP contribution in [0.2, 0.25) is 0 Å². The van der Waals surface area contributed by atoms with Crippen LogP contribution in [0.1, 0.15) is 0 Å². The van der Waals surface area contributed by atoms with Crippen LogP contribution in [0.4, 0.5) is 13.2 Å². The highest BCUT2D eigenvalue weighted by Crippen LogP contribution is 2.30. The second-order valence-corrected chi connectivity index (χ2v) is 4.84. The number of nitrogens with zero attached hydrogens (tertiary/aromatic N) is 1. The number of rotatable bonds is 2. The summed E-state index contributed by atoms with van der Waals surface area (Å²) in [5.74, 6) is -2.89. The van der Waals surface area contributed by atoms with Gasteiger partial charge in [-0.1, -0.05) is 6.07 Å². The molecule has 96 valence electrons. The lowest BCUT2D eigenvalue weighted by Gasteiger charge is -2.01. The van der Waals surface area contributed by atoms with Crippen molar-refractivity contribution in [3.63, 3.8) is 0 Å². The van der Waals surface area contributed by atoms with Crippen molar-refractivity contribution in [2.45, 2.75) is 0 Å². The second-order valence-electron chi connectivity index (χ2n) is 3.89. The van der Waals surface area contributed by atoms with Crippen LogP contribution >= 0.6 is 11.3 Å². The Balaban J connectivity index is 2.09. The normalized spacial score (nSPS) is 10.9. The number of H-pyrrole nitrogens is 1. The number of aromatic amines is 1. The van der Waals surface area contributed by atoms with Gasteiger partial charge in [0.05, 0.1) is 21.8 Å². The van der Waals surface area contributed by atoms with E-state index in [4.69, 9.17) is 0 Å². The number of aromatic nitrogens is 2. The molecule has 0 unspecified atom stereocenters. The molecule has 0 aliphatic heterocycles. The molecule has 2 aromatic heterocycles. The maximum Gasteiger partial charge on any atom is 0.138 e. The van der Waals surface area contributed by atoms with Crippen molar-refractivity contribution in [3.05, 3.63) is 53.2 Å². The van der Waals surface area contributed by atoms with E-state index in [1.165, 1.54) is 17.4 Å². The summed E-state index contributed by atoms with van der Waals surface area (Å²) in [4.78, 5) is 0.904. The largest absolute Gasteiger partial charge is 0.276 e. The van der Waals surface area contributed by atoms with Gasteiger partial charge in [0.25, 0.3) is 0 Å². The maximum atomic E-state index is 13.6. The smallest absolute Gasteiger partial charge is 0.138 e. The van der Waals surface area contributed by atoms with Crippen LogP contribution in [-0.2, 0) is 0 Å². The predicted molar refractivity (Wildman–Crippen MR) is 67.2 cm³/mol. The number of hydrogen-bond acceptors (Lipinski definition) is 2. The highest BCUT2D eigenvalue weighted by Gasteiger charge is 2.16. The lowest BCUT2D eigenvalue weighted by atomic mass is 10.1. The molecule has 1 aromatic carbocycles. The summed E-state index contributed by atoms with van der Waals surface area (Å²) >= 11 is 1.48. The molecule has 0 fully saturated rings. The molecule has 3 aromatic rings. The number of thiophene rings is 1. The van der Waals surface area contributed by atoms with Crippen molar-refractivity contribution >= 4 is 11.3 Å². The van der Waals surface area contributed by atoms with Gasteiger partial charge >= 0.3 is 0 Å². The van der Waals surface area contributed by atoms with Gasteiger partial charge in [-0.25, -0.2) is 13.2 Å². The van der Waals surface area contributed by atoms with Gasteiger partial charge in [0.15, 0.2) is 0 Å². The third-order valence-electron chi connectivity index (χ3n) is 2.63. The summed E-state index contributed by atoms with van der Waals surface area (Å²) in [5.41, 5.74) is 0.437. The fraction of sp³-hybridized carbons (Fsp3) is 0. The van der Waals surface area contributed by atoms with Crippen LogP contribution in [0.3, 0.4) is 0 Å². The van der Waals surface area contributed by atoms with Crippen LogP contribution in [0.5, 0.6) is 0 Å². The van der Waals surface area contributed by atoms with E-state index >= 15 is 0 Å². The highest BCUT2D eigenvalue weighted by molar-refractivity contribution is 7.13. The summed E-state index contributed by atoms with van der Waals surface area (Å²) in [7, 11) is 0. The van der Waals surface area contributed by atoms with Gasteiger partial charge in [-0.05, 0) is 17.5 Å². The molecule has 0 saturated carbocycles.